The lowest BCUT2D eigenvalue weighted by Gasteiger charge is -1.93. The number of aromatic nitrogens is 3. The van der Waals surface area contributed by atoms with Crippen molar-refractivity contribution < 1.29 is 9.90 Å². The van der Waals surface area contributed by atoms with Gasteiger partial charge in [0.05, 0.1) is 5.56 Å². The number of hydrogen-bond donors (Lipinski definition) is 2. The molecular weight excluding hydrogens is 238 g/mol. The highest BCUT2D eigenvalue weighted by atomic mass is 79.9. The normalized spacial score (nSPS) is 10.5. The number of nitrogens with zero attached hydrogens (tertiary/aromatic N) is 2. The lowest BCUT2D eigenvalue weighted by molar-refractivity contribution is 0.0698. The fourth-order valence-electron chi connectivity index (χ4n) is 1.06. The summed E-state index contributed by atoms with van der Waals surface area (Å²) in [7, 11) is 0. The number of nitrogens with one attached hydrogen (secondary N) is 1. The van der Waals surface area contributed by atoms with Crippen LogP contribution < -0.4 is 0 Å². The van der Waals surface area contributed by atoms with Crippen LogP contribution in [0.3, 0.4) is 0 Å². The van der Waals surface area contributed by atoms with E-state index < -0.39 is 5.97 Å². The highest BCUT2D eigenvalue weighted by Gasteiger charge is 2.13. The summed E-state index contributed by atoms with van der Waals surface area (Å²) in [6.07, 6.45) is 1.44. The molecule has 0 amide bonds. The first kappa shape index (κ1) is 8.18. The predicted molar refractivity (Wildman–Crippen MR) is 48.5 cm³/mol. The first-order valence-corrected chi connectivity index (χ1v) is 4.21. The Bertz CT molecular complexity index is 480. The molecule has 0 atom stereocenters. The van der Waals surface area contributed by atoms with Gasteiger partial charge in [-0.25, -0.2) is 4.79 Å². The number of carbonyl (C=O) groups is 1. The van der Waals surface area contributed by atoms with Crippen molar-refractivity contribution in [3.63, 3.8) is 0 Å². The number of carboxylic acid groups (broad SMARTS) is 1. The fraction of sp³-hybridized carbons (Fsp3) is 0. The first-order chi connectivity index (χ1) is 6.20. The highest BCUT2D eigenvalue weighted by molar-refractivity contribution is 9.10. The van der Waals surface area contributed by atoms with Gasteiger partial charge in [-0.3, -0.25) is 10.1 Å². The summed E-state index contributed by atoms with van der Waals surface area (Å²) in [6, 6.07) is 1.41. The van der Waals surface area contributed by atoms with Crippen molar-refractivity contribution in [2.75, 3.05) is 0 Å². The number of pyridine rings is 1. The van der Waals surface area contributed by atoms with Gasteiger partial charge in [-0.2, -0.15) is 5.10 Å². The summed E-state index contributed by atoms with van der Waals surface area (Å²) in [5.74, 6) is -1.01. The molecule has 0 unspecified atom stereocenters. The van der Waals surface area contributed by atoms with E-state index in [1.54, 1.807) is 0 Å². The Morgan fingerprint density at radius 2 is 2.31 bits per heavy atom. The maximum Gasteiger partial charge on any atom is 0.338 e. The smallest absolute Gasteiger partial charge is 0.338 e. The number of halogens is 1. The number of rotatable bonds is 1. The third-order valence-electron chi connectivity index (χ3n) is 1.63. The SMILES string of the molecule is O=C(O)c1ccnc2c(Br)[nH]nc12. The van der Waals surface area contributed by atoms with Crippen molar-refractivity contribution in [1.29, 1.82) is 0 Å². The molecule has 2 aromatic rings. The molecule has 0 radical (unpaired) electrons. The van der Waals surface area contributed by atoms with Gasteiger partial charge in [0.15, 0.2) is 0 Å². The summed E-state index contributed by atoms with van der Waals surface area (Å²) in [5.41, 5.74) is 1.04. The van der Waals surface area contributed by atoms with Crippen molar-refractivity contribution in [2.24, 2.45) is 0 Å². The molecule has 0 aromatic carbocycles. The number of carboxylic acids is 1. The van der Waals surface area contributed by atoms with E-state index in [9.17, 15) is 4.79 Å². The molecule has 2 N–H and O–H groups in total. The molecule has 2 heterocycles. The first-order valence-electron chi connectivity index (χ1n) is 3.42. The largest absolute Gasteiger partial charge is 0.478 e. The van der Waals surface area contributed by atoms with Crippen LogP contribution in [0.25, 0.3) is 11.0 Å². The Balaban J connectivity index is 2.84. The summed E-state index contributed by atoms with van der Waals surface area (Å²) < 4.78 is 0.589. The molecule has 5 nitrogen and oxygen atoms in total. The number of aromatic carboxylic acids is 1. The summed E-state index contributed by atoms with van der Waals surface area (Å²) in [4.78, 5) is 14.7. The van der Waals surface area contributed by atoms with Crippen molar-refractivity contribution in [1.82, 2.24) is 15.2 Å². The molecule has 66 valence electrons. The second-order valence-corrected chi connectivity index (χ2v) is 3.19. The molecule has 0 bridgehead atoms. The lowest BCUT2D eigenvalue weighted by Crippen LogP contribution is -1.97. The van der Waals surface area contributed by atoms with Gasteiger partial charge in [-0.15, -0.1) is 0 Å². The van der Waals surface area contributed by atoms with E-state index >= 15 is 0 Å². The standard InChI is InChI=1S/C7H4BrN3O2/c8-6-5-4(10-11-6)3(7(12)13)1-2-9-5/h1-2H,(H,10,11)(H,12,13). The number of hydrogen-bond acceptors (Lipinski definition) is 3. The topological polar surface area (TPSA) is 78.9 Å². The van der Waals surface area contributed by atoms with E-state index in [0.717, 1.165) is 0 Å². The van der Waals surface area contributed by atoms with Crippen LogP contribution in [0.2, 0.25) is 0 Å². The van der Waals surface area contributed by atoms with Crippen LogP contribution in [0.4, 0.5) is 0 Å². The van der Waals surface area contributed by atoms with Gasteiger partial charge in [-0.1, -0.05) is 0 Å². The molecule has 0 fully saturated rings. The Labute approximate surface area is 80.9 Å². The molecule has 0 aliphatic carbocycles. The van der Waals surface area contributed by atoms with Crippen molar-refractivity contribution in [3.8, 4) is 0 Å². The van der Waals surface area contributed by atoms with Gasteiger partial charge in [-0.05, 0) is 22.0 Å². The van der Waals surface area contributed by atoms with E-state index in [0.29, 0.717) is 15.6 Å². The molecule has 0 aliphatic heterocycles. The third kappa shape index (κ3) is 1.19. The zero-order chi connectivity index (χ0) is 9.42. The molecule has 0 saturated carbocycles. The van der Waals surface area contributed by atoms with Crippen molar-refractivity contribution in [3.05, 3.63) is 22.4 Å². The zero-order valence-corrected chi connectivity index (χ0v) is 7.87. The van der Waals surface area contributed by atoms with E-state index in [1.807, 2.05) is 0 Å². The van der Waals surface area contributed by atoms with Crippen LogP contribution in [0.1, 0.15) is 10.4 Å². The summed E-state index contributed by atoms with van der Waals surface area (Å²) >= 11 is 3.18. The summed E-state index contributed by atoms with van der Waals surface area (Å²) in [6.45, 7) is 0. The van der Waals surface area contributed by atoms with Crippen LogP contribution in [-0.4, -0.2) is 26.3 Å². The van der Waals surface area contributed by atoms with Gasteiger partial charge in [0, 0.05) is 6.20 Å². The highest BCUT2D eigenvalue weighted by Crippen LogP contribution is 2.20. The summed E-state index contributed by atoms with van der Waals surface area (Å²) in [5, 5.41) is 15.2. The van der Waals surface area contributed by atoms with Crippen LogP contribution in [0, 0.1) is 0 Å². The van der Waals surface area contributed by atoms with Crippen LogP contribution in [0.5, 0.6) is 0 Å². The van der Waals surface area contributed by atoms with Gasteiger partial charge in [0.2, 0.25) is 0 Å². The maximum atomic E-state index is 10.7. The molecule has 2 rings (SSSR count). The maximum absolute atomic E-state index is 10.7. The molecule has 0 saturated heterocycles. The van der Waals surface area contributed by atoms with Crippen LogP contribution in [0.15, 0.2) is 16.9 Å². The fourth-order valence-corrected chi connectivity index (χ4v) is 1.44. The molecule has 0 spiro atoms. The third-order valence-corrected chi connectivity index (χ3v) is 2.18. The number of fused-ring (bicyclic) bond motifs is 1. The monoisotopic (exact) mass is 241 g/mol. The number of aromatic amines is 1. The van der Waals surface area contributed by atoms with Gasteiger partial charge in [0.1, 0.15) is 15.6 Å². The van der Waals surface area contributed by atoms with Gasteiger partial charge in [0.25, 0.3) is 0 Å². The van der Waals surface area contributed by atoms with Crippen molar-refractivity contribution in [2.45, 2.75) is 0 Å². The molecule has 2 aromatic heterocycles. The van der Waals surface area contributed by atoms with E-state index in [2.05, 4.69) is 31.1 Å². The van der Waals surface area contributed by atoms with E-state index in [1.165, 1.54) is 12.3 Å². The van der Waals surface area contributed by atoms with Crippen molar-refractivity contribution >= 4 is 32.9 Å². The second kappa shape index (κ2) is 2.81. The molecule has 6 heteroatoms. The minimum atomic E-state index is -1.01. The Morgan fingerprint density at radius 3 is 3.00 bits per heavy atom. The lowest BCUT2D eigenvalue weighted by atomic mass is 10.2. The van der Waals surface area contributed by atoms with E-state index in [4.69, 9.17) is 5.11 Å². The van der Waals surface area contributed by atoms with E-state index in [-0.39, 0.29) is 5.56 Å². The minimum absolute atomic E-state index is 0.145. The Kier molecular flexibility index (Phi) is 1.77. The predicted octanol–water partition coefficient (Wildman–Crippen LogP) is 1.42. The zero-order valence-electron chi connectivity index (χ0n) is 6.28. The Morgan fingerprint density at radius 1 is 1.54 bits per heavy atom. The van der Waals surface area contributed by atoms with Gasteiger partial charge >= 0.3 is 5.97 Å². The molecule has 0 aliphatic rings. The van der Waals surface area contributed by atoms with Gasteiger partial charge < -0.3 is 5.11 Å². The molecule has 13 heavy (non-hydrogen) atoms. The second-order valence-electron chi connectivity index (χ2n) is 2.40. The van der Waals surface area contributed by atoms with Crippen LogP contribution in [-0.2, 0) is 0 Å². The quantitative estimate of drug-likeness (QED) is 0.792. The Hall–Kier alpha value is -1.43. The molecular formula is C7H4BrN3O2. The number of H-pyrrole nitrogens is 1. The minimum Gasteiger partial charge on any atom is -0.478 e. The average molecular weight is 242 g/mol. The van der Waals surface area contributed by atoms with Crippen LogP contribution >= 0.6 is 15.9 Å². The average Bonchev–Trinajstić information content (AvgIpc) is 2.48.